The van der Waals surface area contributed by atoms with Gasteiger partial charge in [-0.2, -0.15) is 0 Å². The van der Waals surface area contributed by atoms with E-state index in [1.165, 1.54) is 0 Å². The molecule has 1 heterocycles. The first-order chi connectivity index (χ1) is 11.6. The molecule has 0 bridgehead atoms. The summed E-state index contributed by atoms with van der Waals surface area (Å²) < 4.78 is 10.8. The van der Waals surface area contributed by atoms with E-state index in [-0.39, 0.29) is 18.2 Å². The quantitative estimate of drug-likeness (QED) is 0.660. The largest absolute Gasteiger partial charge is 0.493 e. The number of benzene rings is 1. The number of halogens is 1. The maximum atomic E-state index is 12.1. The number of hydrogen-bond donors (Lipinski definition) is 0. The van der Waals surface area contributed by atoms with Crippen molar-refractivity contribution in [3.8, 4) is 11.5 Å². The molecule has 140 valence electrons. The molecule has 0 saturated carbocycles. The summed E-state index contributed by atoms with van der Waals surface area (Å²) in [4.78, 5) is 16.7. The zero-order chi connectivity index (χ0) is 17.4. The summed E-state index contributed by atoms with van der Waals surface area (Å²) in [6.45, 7) is 7.62. The van der Waals surface area contributed by atoms with Gasteiger partial charge in [0.15, 0.2) is 17.3 Å². The minimum Gasteiger partial charge on any atom is -0.493 e. The number of hydrogen-bond acceptors (Lipinski definition) is 5. The van der Waals surface area contributed by atoms with Crippen molar-refractivity contribution in [1.29, 1.82) is 0 Å². The summed E-state index contributed by atoms with van der Waals surface area (Å²) in [7, 11) is 3.75. The molecule has 1 aliphatic rings. The third-order valence-electron chi connectivity index (χ3n) is 4.22. The maximum Gasteiger partial charge on any atom is 0.161 e. The van der Waals surface area contributed by atoms with Crippen LogP contribution in [0.1, 0.15) is 18.9 Å². The second-order valence-corrected chi connectivity index (χ2v) is 6.04. The van der Waals surface area contributed by atoms with Gasteiger partial charge in [0.2, 0.25) is 0 Å². The second kappa shape index (κ2) is 11.1. The van der Waals surface area contributed by atoms with E-state index in [0.29, 0.717) is 18.8 Å². The molecule has 0 unspecified atom stereocenters. The van der Waals surface area contributed by atoms with Gasteiger partial charge in [0.1, 0.15) is 0 Å². The summed E-state index contributed by atoms with van der Waals surface area (Å²) in [5, 5.41) is 0. The van der Waals surface area contributed by atoms with Gasteiger partial charge in [0.05, 0.1) is 13.7 Å². The number of ether oxygens (including phenoxy) is 2. The lowest BCUT2D eigenvalue weighted by Crippen LogP contribution is -2.44. The Morgan fingerprint density at radius 2 is 1.92 bits per heavy atom. The lowest BCUT2D eigenvalue weighted by atomic mass is 10.1. The number of rotatable bonds is 8. The van der Waals surface area contributed by atoms with Crippen molar-refractivity contribution in [2.24, 2.45) is 0 Å². The number of allylic oxidation sites excluding steroid dienone is 1. The Bertz CT molecular complexity index is 570. The molecule has 0 atom stereocenters. The third kappa shape index (κ3) is 7.06. The maximum absolute atomic E-state index is 12.1. The molecule has 6 heteroatoms. The third-order valence-corrected chi connectivity index (χ3v) is 4.22. The van der Waals surface area contributed by atoms with Crippen LogP contribution in [0.2, 0.25) is 0 Å². The van der Waals surface area contributed by atoms with Crippen LogP contribution in [-0.4, -0.2) is 69.1 Å². The lowest BCUT2D eigenvalue weighted by Gasteiger charge is -2.32. The molecule has 1 aromatic carbocycles. The average molecular weight is 369 g/mol. The fourth-order valence-electron chi connectivity index (χ4n) is 2.67. The monoisotopic (exact) mass is 368 g/mol. The van der Waals surface area contributed by atoms with Crippen molar-refractivity contribution in [2.45, 2.75) is 13.3 Å². The Hall–Kier alpha value is -1.56. The van der Waals surface area contributed by atoms with Crippen molar-refractivity contribution in [1.82, 2.24) is 9.80 Å². The molecular formula is C19H29ClN2O3. The predicted octanol–water partition coefficient (Wildman–Crippen LogP) is 2.74. The summed E-state index contributed by atoms with van der Waals surface area (Å²) in [5.74, 6) is 1.56. The Morgan fingerprint density at radius 1 is 1.20 bits per heavy atom. The van der Waals surface area contributed by atoms with Crippen LogP contribution in [0.15, 0.2) is 24.3 Å². The van der Waals surface area contributed by atoms with Crippen molar-refractivity contribution in [2.75, 3.05) is 53.5 Å². The molecule has 1 saturated heterocycles. The Labute approximate surface area is 157 Å². The minimum atomic E-state index is 0. The zero-order valence-corrected chi connectivity index (χ0v) is 16.2. The number of carbonyl (C=O) groups excluding carboxylic acids is 1. The molecule has 0 aliphatic carbocycles. The summed E-state index contributed by atoms with van der Waals surface area (Å²) in [6, 6.07) is 5.68. The normalized spacial score (nSPS) is 15.8. The number of likely N-dealkylation sites (N-methyl/N-ethyl adjacent to an activating group) is 1. The first-order valence-electron chi connectivity index (χ1n) is 8.55. The van der Waals surface area contributed by atoms with Gasteiger partial charge in [0, 0.05) is 39.1 Å². The zero-order valence-electron chi connectivity index (χ0n) is 15.4. The van der Waals surface area contributed by atoms with Crippen molar-refractivity contribution in [3.05, 3.63) is 29.8 Å². The van der Waals surface area contributed by atoms with Crippen LogP contribution < -0.4 is 9.47 Å². The first-order valence-corrected chi connectivity index (χ1v) is 8.55. The first kappa shape index (κ1) is 21.5. The number of nitrogens with zero attached hydrogens (tertiary/aromatic N) is 2. The molecule has 5 nitrogen and oxygen atoms in total. The standard InChI is InChI=1S/C19H28N2O3.ClH/c1-4-24-18-8-6-16(15-19(18)23-3)5-7-17(22)9-10-21-13-11-20(2)12-14-21;/h5-8,15H,4,9-14H2,1-3H3;1H. The lowest BCUT2D eigenvalue weighted by molar-refractivity contribution is -0.114. The molecule has 1 fully saturated rings. The molecule has 0 amide bonds. The predicted molar refractivity (Wildman–Crippen MR) is 104 cm³/mol. The molecule has 0 aromatic heterocycles. The molecule has 0 radical (unpaired) electrons. The van der Waals surface area contributed by atoms with Crippen LogP contribution in [0.5, 0.6) is 11.5 Å². The van der Waals surface area contributed by atoms with Crippen LogP contribution in [-0.2, 0) is 4.79 Å². The van der Waals surface area contributed by atoms with E-state index in [2.05, 4.69) is 16.8 Å². The molecule has 1 aliphatic heterocycles. The van der Waals surface area contributed by atoms with Gasteiger partial charge in [0.25, 0.3) is 0 Å². The van der Waals surface area contributed by atoms with Crippen molar-refractivity contribution in [3.63, 3.8) is 0 Å². The van der Waals surface area contributed by atoms with E-state index in [1.54, 1.807) is 13.2 Å². The molecule has 2 rings (SSSR count). The smallest absolute Gasteiger partial charge is 0.161 e. The SMILES string of the molecule is CCOc1ccc(C=CC(=O)CCN2CCN(C)CC2)cc1OC.Cl. The summed E-state index contributed by atoms with van der Waals surface area (Å²) >= 11 is 0. The van der Waals surface area contributed by atoms with Crippen LogP contribution >= 0.6 is 12.4 Å². The van der Waals surface area contributed by atoms with E-state index in [9.17, 15) is 4.79 Å². The fraction of sp³-hybridized carbons (Fsp3) is 0.526. The second-order valence-electron chi connectivity index (χ2n) is 6.04. The highest BCUT2D eigenvalue weighted by Crippen LogP contribution is 2.28. The summed E-state index contributed by atoms with van der Waals surface area (Å²) in [6.07, 6.45) is 4.06. The summed E-state index contributed by atoms with van der Waals surface area (Å²) in [5.41, 5.74) is 0.934. The minimum absolute atomic E-state index is 0. The van der Waals surface area contributed by atoms with Gasteiger partial charge in [-0.15, -0.1) is 12.4 Å². The van der Waals surface area contributed by atoms with Crippen LogP contribution in [0.25, 0.3) is 6.08 Å². The van der Waals surface area contributed by atoms with Crippen molar-refractivity contribution >= 4 is 24.3 Å². The molecular weight excluding hydrogens is 340 g/mol. The van der Waals surface area contributed by atoms with Crippen LogP contribution in [0, 0.1) is 0 Å². The van der Waals surface area contributed by atoms with E-state index in [0.717, 1.165) is 44.0 Å². The molecule has 1 aromatic rings. The Balaban J connectivity index is 0.00000312. The molecule has 0 N–H and O–H groups in total. The van der Waals surface area contributed by atoms with Gasteiger partial charge < -0.3 is 19.3 Å². The Kier molecular flexibility index (Phi) is 9.57. The van der Waals surface area contributed by atoms with E-state index >= 15 is 0 Å². The number of methoxy groups -OCH3 is 1. The highest BCUT2D eigenvalue weighted by Gasteiger charge is 2.13. The fourth-order valence-corrected chi connectivity index (χ4v) is 2.67. The van der Waals surface area contributed by atoms with Gasteiger partial charge >= 0.3 is 0 Å². The molecule has 25 heavy (non-hydrogen) atoms. The van der Waals surface area contributed by atoms with Gasteiger partial charge in [-0.1, -0.05) is 12.1 Å². The van der Waals surface area contributed by atoms with E-state index in [1.807, 2.05) is 31.2 Å². The molecule has 0 spiro atoms. The highest BCUT2D eigenvalue weighted by atomic mass is 35.5. The van der Waals surface area contributed by atoms with E-state index < -0.39 is 0 Å². The van der Waals surface area contributed by atoms with Gasteiger partial charge in [-0.25, -0.2) is 0 Å². The topological polar surface area (TPSA) is 42.0 Å². The van der Waals surface area contributed by atoms with Gasteiger partial charge in [-0.3, -0.25) is 4.79 Å². The van der Waals surface area contributed by atoms with Crippen LogP contribution in [0.4, 0.5) is 0 Å². The number of carbonyl (C=O) groups is 1. The Morgan fingerprint density at radius 3 is 2.56 bits per heavy atom. The average Bonchev–Trinajstić information content (AvgIpc) is 2.60. The highest BCUT2D eigenvalue weighted by molar-refractivity contribution is 5.93. The van der Waals surface area contributed by atoms with Crippen LogP contribution in [0.3, 0.4) is 0 Å². The number of piperazine rings is 1. The van der Waals surface area contributed by atoms with Crippen molar-refractivity contribution < 1.29 is 14.3 Å². The van der Waals surface area contributed by atoms with E-state index in [4.69, 9.17) is 9.47 Å². The van der Waals surface area contributed by atoms with Gasteiger partial charge in [-0.05, 0) is 37.7 Å². The number of ketones is 1.